The number of thiol groups is 2. The first kappa shape index (κ1) is 47.3. The summed E-state index contributed by atoms with van der Waals surface area (Å²) in [5.41, 5.74) is 7.02. The van der Waals surface area contributed by atoms with Crippen molar-refractivity contribution in [1.29, 1.82) is 0 Å². The van der Waals surface area contributed by atoms with Crippen LogP contribution in [0.5, 0.6) is 0 Å². The van der Waals surface area contributed by atoms with Crippen molar-refractivity contribution in [3.63, 3.8) is 0 Å². The molecule has 1 heterocycles. The molecule has 6 amide bonds. The number of benzene rings is 1. The molecule has 56 heavy (non-hydrogen) atoms. The van der Waals surface area contributed by atoms with Crippen LogP contribution in [0.2, 0.25) is 0 Å². The molecule has 7 unspecified atom stereocenters. The van der Waals surface area contributed by atoms with E-state index in [2.05, 4.69) is 62.1 Å². The van der Waals surface area contributed by atoms with E-state index in [-0.39, 0.29) is 30.3 Å². The van der Waals surface area contributed by atoms with Crippen LogP contribution in [0.4, 0.5) is 0 Å². The third kappa shape index (κ3) is 14.3. The number of carbonyl (C=O) groups is 8. The summed E-state index contributed by atoms with van der Waals surface area (Å²) in [5, 5.41) is 44.0. The summed E-state index contributed by atoms with van der Waals surface area (Å²) >= 11 is 7.88. The molecule has 0 fully saturated rings. The van der Waals surface area contributed by atoms with Gasteiger partial charge in [0, 0.05) is 35.0 Å². The van der Waals surface area contributed by atoms with Crippen LogP contribution in [-0.2, 0) is 44.8 Å². The Kier molecular flexibility index (Phi) is 19.1. The number of rotatable bonds is 23. The number of aliphatic hydroxyl groups excluding tert-OH is 1. The summed E-state index contributed by atoms with van der Waals surface area (Å²) in [7, 11) is 0. The lowest BCUT2D eigenvalue weighted by Gasteiger charge is -2.28. The number of H-pyrrole nitrogens is 1. The Labute approximate surface area is 334 Å². The first-order valence-electron chi connectivity index (χ1n) is 17.7. The number of amides is 6. The van der Waals surface area contributed by atoms with Crippen LogP contribution in [0.3, 0.4) is 0 Å². The van der Waals surface area contributed by atoms with Gasteiger partial charge in [-0.25, -0.2) is 4.79 Å². The zero-order valence-corrected chi connectivity index (χ0v) is 33.2. The summed E-state index contributed by atoms with van der Waals surface area (Å²) < 4.78 is 0. The zero-order chi connectivity index (χ0) is 42.3. The van der Waals surface area contributed by atoms with Gasteiger partial charge in [0.05, 0.1) is 19.1 Å². The van der Waals surface area contributed by atoms with Crippen molar-refractivity contribution in [1.82, 2.24) is 36.9 Å². The average molecular weight is 825 g/mol. The van der Waals surface area contributed by atoms with Gasteiger partial charge in [-0.05, 0) is 29.9 Å². The fourth-order valence-electron chi connectivity index (χ4n) is 5.43. The van der Waals surface area contributed by atoms with Crippen LogP contribution in [0.15, 0.2) is 30.5 Å². The Balaban J connectivity index is 2.40. The Bertz CT molecular complexity index is 1720. The maximum atomic E-state index is 14.0. The van der Waals surface area contributed by atoms with E-state index in [1.54, 1.807) is 58.2 Å². The summed E-state index contributed by atoms with van der Waals surface area (Å²) in [5.74, 6) is -9.50. The normalized spacial score (nSPS) is 15.0. The number of aliphatic carboxylic acids is 2. The lowest BCUT2D eigenvalue weighted by Crippen LogP contribution is -2.61. The number of hydrogen-bond acceptors (Lipinski definition) is 12. The van der Waals surface area contributed by atoms with Gasteiger partial charge in [0.1, 0.15) is 36.3 Å². The molecule has 0 spiro atoms. The van der Waals surface area contributed by atoms with Crippen molar-refractivity contribution in [2.75, 3.05) is 18.1 Å². The molecule has 21 heteroatoms. The fraction of sp³-hybridized carbons (Fsp3) is 0.543. The molecule has 0 aliphatic rings. The van der Waals surface area contributed by atoms with E-state index in [0.717, 1.165) is 10.9 Å². The molecule has 2 rings (SSSR count). The lowest BCUT2D eigenvalue weighted by atomic mass is 9.99. The first-order chi connectivity index (χ1) is 26.3. The molecule has 0 saturated heterocycles. The number of nitrogens with one attached hydrogen (secondary N) is 7. The molecule has 19 nitrogen and oxygen atoms in total. The average Bonchev–Trinajstić information content (AvgIpc) is 3.55. The number of fused-ring (bicyclic) bond motifs is 1. The predicted octanol–water partition coefficient (Wildman–Crippen LogP) is -1.94. The van der Waals surface area contributed by atoms with Gasteiger partial charge in [-0.3, -0.25) is 33.6 Å². The zero-order valence-electron chi connectivity index (χ0n) is 31.4. The van der Waals surface area contributed by atoms with E-state index in [4.69, 9.17) is 5.73 Å². The molecule has 0 aliphatic heterocycles. The molecule has 0 bridgehead atoms. The molecule has 1 aromatic carbocycles. The summed E-state index contributed by atoms with van der Waals surface area (Å²) in [4.78, 5) is 106. The highest BCUT2D eigenvalue weighted by Crippen LogP contribution is 2.20. The van der Waals surface area contributed by atoms with E-state index < -0.39 is 109 Å². The Morgan fingerprint density at radius 2 is 1.23 bits per heavy atom. The van der Waals surface area contributed by atoms with Gasteiger partial charge in [-0.1, -0.05) is 45.9 Å². The number of carbonyl (C=O) groups excluding carboxylic acids is 6. The van der Waals surface area contributed by atoms with Crippen molar-refractivity contribution in [3.05, 3.63) is 36.0 Å². The Morgan fingerprint density at radius 1 is 0.696 bits per heavy atom. The monoisotopic (exact) mass is 824 g/mol. The molecule has 0 radical (unpaired) electrons. The number of carboxylic acids is 2. The third-order valence-corrected chi connectivity index (χ3v) is 9.24. The minimum Gasteiger partial charge on any atom is -0.481 e. The second-order valence-electron chi connectivity index (χ2n) is 13.8. The number of aliphatic hydroxyl groups is 1. The fourth-order valence-corrected chi connectivity index (χ4v) is 5.84. The molecular weight excluding hydrogens is 773 g/mol. The summed E-state index contributed by atoms with van der Waals surface area (Å²) in [6, 6.07) is -2.71. The minimum atomic E-state index is -1.75. The maximum Gasteiger partial charge on any atom is 0.327 e. The van der Waals surface area contributed by atoms with Crippen molar-refractivity contribution >= 4 is 83.5 Å². The number of carboxylic acid groups (broad SMARTS) is 2. The standard InChI is InChI=1S/C35H52N8O11S2/c1-16(2)9-22(30(48)40-24(11-27(45)46)32(50)43-28(17(3)4)34(52)42-26(15-56)35(53)54)38-31(49)23(10-18-12-37-21-8-6-5-7-19(18)21)39-33(51)25(13-44)41-29(47)20(36)14-55/h5-8,12,16-17,20,22-26,28,37,44,55-56H,9-11,13-15,36H2,1-4H3,(H,38,49)(H,39,51)(H,40,48)(H,41,47)(H,42,52)(H,43,50)(H,45,46)(H,53,54). The summed E-state index contributed by atoms with van der Waals surface area (Å²) in [6.07, 6.45) is 0.567. The quantitative estimate of drug-likeness (QED) is 0.0545. The molecule has 2 aromatic rings. The van der Waals surface area contributed by atoms with Gasteiger partial charge in [-0.15, -0.1) is 0 Å². The first-order valence-corrected chi connectivity index (χ1v) is 19.0. The lowest BCUT2D eigenvalue weighted by molar-refractivity contribution is -0.143. The van der Waals surface area contributed by atoms with Gasteiger partial charge in [0.2, 0.25) is 35.4 Å². The van der Waals surface area contributed by atoms with Crippen LogP contribution >= 0.6 is 25.3 Å². The number of nitrogens with two attached hydrogens (primary N) is 1. The van der Waals surface area contributed by atoms with Crippen LogP contribution < -0.4 is 37.6 Å². The van der Waals surface area contributed by atoms with E-state index in [0.29, 0.717) is 5.56 Å². The van der Waals surface area contributed by atoms with E-state index in [1.165, 1.54) is 0 Å². The molecule has 310 valence electrons. The van der Waals surface area contributed by atoms with Crippen molar-refractivity contribution in [2.24, 2.45) is 17.6 Å². The second-order valence-corrected chi connectivity index (χ2v) is 14.5. The third-order valence-electron chi connectivity index (χ3n) is 8.48. The topological polar surface area (TPSA) is 311 Å². The van der Waals surface area contributed by atoms with Crippen LogP contribution in [-0.4, -0.2) is 128 Å². The van der Waals surface area contributed by atoms with Crippen molar-refractivity contribution in [3.8, 4) is 0 Å². The number of aromatic amines is 1. The van der Waals surface area contributed by atoms with Gasteiger partial charge in [0.25, 0.3) is 0 Å². The summed E-state index contributed by atoms with van der Waals surface area (Å²) in [6.45, 7) is 5.74. The highest BCUT2D eigenvalue weighted by Gasteiger charge is 2.35. The number of hydrogen-bond donors (Lipinski definition) is 13. The highest BCUT2D eigenvalue weighted by molar-refractivity contribution is 7.80. The van der Waals surface area contributed by atoms with Crippen LogP contribution in [0.1, 0.15) is 46.1 Å². The van der Waals surface area contributed by atoms with Crippen LogP contribution in [0, 0.1) is 11.8 Å². The molecule has 0 saturated carbocycles. The molecular formula is C35H52N8O11S2. The van der Waals surface area contributed by atoms with Gasteiger partial charge in [-0.2, -0.15) is 25.3 Å². The molecule has 7 atom stereocenters. The number of para-hydroxylation sites is 1. The largest absolute Gasteiger partial charge is 0.481 e. The molecule has 1 aromatic heterocycles. The van der Waals surface area contributed by atoms with Gasteiger partial charge < -0.3 is 57.9 Å². The van der Waals surface area contributed by atoms with E-state index >= 15 is 0 Å². The Hall–Kier alpha value is -4.86. The Morgan fingerprint density at radius 3 is 1.79 bits per heavy atom. The number of aromatic nitrogens is 1. The SMILES string of the molecule is CC(C)CC(NC(=O)C(Cc1c[nH]c2ccccc12)NC(=O)C(CO)NC(=O)C(N)CS)C(=O)NC(CC(=O)O)C(=O)NC(C(=O)NC(CS)C(=O)O)C(C)C. The van der Waals surface area contributed by atoms with Crippen LogP contribution in [0.25, 0.3) is 10.9 Å². The molecule has 0 aliphatic carbocycles. The molecule has 12 N–H and O–H groups in total. The second kappa shape index (κ2) is 22.6. The van der Waals surface area contributed by atoms with Crippen molar-refractivity contribution in [2.45, 2.75) is 89.3 Å². The highest BCUT2D eigenvalue weighted by atomic mass is 32.1. The van der Waals surface area contributed by atoms with Gasteiger partial charge >= 0.3 is 11.9 Å². The van der Waals surface area contributed by atoms with E-state index in [9.17, 15) is 53.7 Å². The van der Waals surface area contributed by atoms with E-state index in [1.807, 2.05) is 0 Å². The minimum absolute atomic E-state index is 0.0129. The predicted molar refractivity (Wildman–Crippen MR) is 211 cm³/mol. The van der Waals surface area contributed by atoms with Gasteiger partial charge in [0.15, 0.2) is 0 Å². The van der Waals surface area contributed by atoms with Crippen molar-refractivity contribution < 1.29 is 53.7 Å². The smallest absolute Gasteiger partial charge is 0.327 e. The maximum absolute atomic E-state index is 14.0.